The number of unbranched alkanes of at least 4 members (excludes halogenated alkanes) is 17. The monoisotopic (exact) mass is 727 g/mol. The fourth-order valence-electron chi connectivity index (χ4n) is 5.57. The number of phosphoric ester groups is 1. The molecule has 8 nitrogen and oxygen atoms in total. The molecule has 3 atom stereocenters. The van der Waals surface area contributed by atoms with Crippen molar-refractivity contribution in [2.45, 2.75) is 180 Å². The van der Waals surface area contributed by atoms with Crippen molar-refractivity contribution >= 4 is 13.7 Å². The molecule has 0 aromatic carbocycles. The van der Waals surface area contributed by atoms with Gasteiger partial charge in [0.05, 0.1) is 39.9 Å². The lowest BCUT2D eigenvalue weighted by Crippen LogP contribution is -2.46. The standard InChI is InChI=1S/C41H79N2O6P/c1-6-8-10-11-12-13-14-15-16-17-18-19-20-21-22-23-24-25-26-27-28-29-30-31-33-35-41(45)42-39(40(44)34-32-9-7-2)38-49-50(46,47)48-37-36-43(3,4)5/h14-15,17-18,20-21,39-40,44H,6-13,16,19,22-38H2,1-5H3,(H-,42,45,46,47)/b15-14-,18-17-,21-20-. The highest BCUT2D eigenvalue weighted by Crippen LogP contribution is 2.38. The van der Waals surface area contributed by atoms with E-state index in [1.165, 1.54) is 89.9 Å². The molecular formula is C41H79N2O6P. The molecule has 0 bridgehead atoms. The van der Waals surface area contributed by atoms with E-state index in [4.69, 9.17) is 9.05 Å². The maximum Gasteiger partial charge on any atom is 0.268 e. The van der Waals surface area contributed by atoms with Crippen molar-refractivity contribution in [1.29, 1.82) is 0 Å². The van der Waals surface area contributed by atoms with Gasteiger partial charge in [-0.3, -0.25) is 9.36 Å². The third-order valence-corrected chi connectivity index (χ3v) is 9.85. The summed E-state index contributed by atoms with van der Waals surface area (Å²) in [6.45, 7) is 4.52. The highest BCUT2D eigenvalue weighted by molar-refractivity contribution is 7.45. The Morgan fingerprint density at radius 3 is 1.68 bits per heavy atom. The zero-order valence-electron chi connectivity index (χ0n) is 33.1. The fourth-order valence-corrected chi connectivity index (χ4v) is 6.30. The van der Waals surface area contributed by atoms with Crippen LogP contribution in [0.3, 0.4) is 0 Å². The Morgan fingerprint density at radius 1 is 0.700 bits per heavy atom. The zero-order valence-corrected chi connectivity index (χ0v) is 34.0. The van der Waals surface area contributed by atoms with Gasteiger partial charge in [0.1, 0.15) is 13.2 Å². The number of hydrogen-bond donors (Lipinski definition) is 2. The van der Waals surface area contributed by atoms with Crippen LogP contribution in [0.4, 0.5) is 0 Å². The van der Waals surface area contributed by atoms with Crippen molar-refractivity contribution in [2.24, 2.45) is 0 Å². The summed E-state index contributed by atoms with van der Waals surface area (Å²) in [6.07, 6.45) is 39.5. The SMILES string of the molecule is CCCCCCC/C=C\C/C=C\C/C=C\CCCCCCCCCCCCC(=O)NC(COP(=O)([O-])OCC[N+](C)(C)C)C(O)CCCCC. The van der Waals surface area contributed by atoms with Gasteiger partial charge in [0.25, 0.3) is 7.82 Å². The Bertz CT molecular complexity index is 917. The molecule has 1 amide bonds. The number of carbonyl (C=O) groups is 1. The molecule has 0 aromatic heterocycles. The number of allylic oxidation sites excluding steroid dienone is 6. The van der Waals surface area contributed by atoms with Crippen molar-refractivity contribution in [3.8, 4) is 0 Å². The summed E-state index contributed by atoms with van der Waals surface area (Å²) < 4.78 is 22.9. The van der Waals surface area contributed by atoms with Crippen LogP contribution in [0.15, 0.2) is 36.5 Å². The van der Waals surface area contributed by atoms with E-state index in [0.29, 0.717) is 23.9 Å². The average Bonchev–Trinajstić information content (AvgIpc) is 3.06. The molecule has 50 heavy (non-hydrogen) atoms. The normalized spacial score (nSPS) is 14.9. The number of nitrogens with one attached hydrogen (secondary N) is 1. The summed E-state index contributed by atoms with van der Waals surface area (Å²) in [5.74, 6) is -0.183. The highest BCUT2D eigenvalue weighted by atomic mass is 31.2. The van der Waals surface area contributed by atoms with Gasteiger partial charge < -0.3 is 28.8 Å². The van der Waals surface area contributed by atoms with Crippen LogP contribution in [0.1, 0.15) is 168 Å². The number of aliphatic hydroxyl groups is 1. The molecule has 0 spiro atoms. The number of hydrogen-bond acceptors (Lipinski definition) is 6. The molecule has 0 aliphatic heterocycles. The van der Waals surface area contributed by atoms with Gasteiger partial charge in [-0.25, -0.2) is 0 Å². The van der Waals surface area contributed by atoms with Gasteiger partial charge in [-0.15, -0.1) is 0 Å². The number of amides is 1. The maximum atomic E-state index is 12.7. The third-order valence-electron chi connectivity index (χ3n) is 8.88. The molecule has 0 aliphatic rings. The summed E-state index contributed by atoms with van der Waals surface area (Å²) in [5.41, 5.74) is 0. The van der Waals surface area contributed by atoms with Crippen molar-refractivity contribution in [3.05, 3.63) is 36.5 Å². The van der Waals surface area contributed by atoms with E-state index in [-0.39, 0.29) is 19.1 Å². The first-order valence-electron chi connectivity index (χ1n) is 20.3. The van der Waals surface area contributed by atoms with Crippen molar-refractivity contribution < 1.29 is 32.9 Å². The summed E-state index contributed by atoms with van der Waals surface area (Å²) in [7, 11) is 1.29. The second-order valence-electron chi connectivity index (χ2n) is 15.0. The first kappa shape index (κ1) is 48.7. The first-order chi connectivity index (χ1) is 24.0. The minimum atomic E-state index is -4.54. The van der Waals surface area contributed by atoms with Gasteiger partial charge in [0.2, 0.25) is 5.91 Å². The lowest BCUT2D eigenvalue weighted by Gasteiger charge is -2.30. The summed E-state index contributed by atoms with van der Waals surface area (Å²) in [4.78, 5) is 24.9. The molecule has 9 heteroatoms. The number of carbonyl (C=O) groups excluding carboxylic acids is 1. The first-order valence-corrected chi connectivity index (χ1v) is 21.8. The second-order valence-corrected chi connectivity index (χ2v) is 16.4. The van der Waals surface area contributed by atoms with Crippen LogP contribution in [0.5, 0.6) is 0 Å². The number of nitrogens with zero attached hydrogens (tertiary/aromatic N) is 1. The maximum absolute atomic E-state index is 12.7. The van der Waals surface area contributed by atoms with Crippen molar-refractivity contribution in [2.75, 3.05) is 40.9 Å². The largest absolute Gasteiger partial charge is 0.756 e. The van der Waals surface area contributed by atoms with E-state index in [2.05, 4.69) is 55.6 Å². The van der Waals surface area contributed by atoms with Crippen molar-refractivity contribution in [3.63, 3.8) is 0 Å². The summed E-state index contributed by atoms with van der Waals surface area (Å²) in [5, 5.41) is 13.5. The van der Waals surface area contributed by atoms with E-state index in [1.54, 1.807) is 0 Å². The van der Waals surface area contributed by atoms with Crippen LogP contribution in [0.25, 0.3) is 0 Å². The molecule has 0 rings (SSSR count). The molecule has 3 unspecified atom stereocenters. The van der Waals surface area contributed by atoms with E-state index in [9.17, 15) is 19.4 Å². The smallest absolute Gasteiger partial charge is 0.268 e. The topological polar surface area (TPSA) is 108 Å². The van der Waals surface area contributed by atoms with Crippen LogP contribution in [0, 0.1) is 0 Å². The Balaban J connectivity index is 3.95. The predicted octanol–water partition coefficient (Wildman–Crippen LogP) is 10.1. The molecule has 0 aliphatic carbocycles. The lowest BCUT2D eigenvalue weighted by atomic mass is 10.0. The van der Waals surface area contributed by atoms with Gasteiger partial charge in [0, 0.05) is 6.42 Å². The van der Waals surface area contributed by atoms with Gasteiger partial charge >= 0.3 is 0 Å². The number of phosphoric acid groups is 1. The number of aliphatic hydroxyl groups excluding tert-OH is 1. The van der Waals surface area contributed by atoms with Crippen LogP contribution < -0.4 is 10.2 Å². The van der Waals surface area contributed by atoms with E-state index in [1.807, 2.05) is 21.1 Å². The van der Waals surface area contributed by atoms with Crippen LogP contribution in [-0.4, -0.2) is 68.5 Å². The van der Waals surface area contributed by atoms with E-state index in [0.717, 1.165) is 51.4 Å². The minimum Gasteiger partial charge on any atom is -0.756 e. The van der Waals surface area contributed by atoms with Gasteiger partial charge in [-0.2, -0.15) is 0 Å². The molecule has 0 saturated carbocycles. The second kappa shape index (κ2) is 33.5. The van der Waals surface area contributed by atoms with Crippen molar-refractivity contribution in [1.82, 2.24) is 5.32 Å². The van der Waals surface area contributed by atoms with Crippen LogP contribution in [-0.2, 0) is 18.4 Å². The highest BCUT2D eigenvalue weighted by Gasteiger charge is 2.24. The lowest BCUT2D eigenvalue weighted by molar-refractivity contribution is -0.870. The van der Waals surface area contributed by atoms with Crippen LogP contribution in [0.2, 0.25) is 0 Å². The Labute approximate surface area is 308 Å². The molecule has 2 N–H and O–H groups in total. The molecule has 0 fully saturated rings. The Morgan fingerprint density at radius 2 is 1.16 bits per heavy atom. The molecule has 294 valence electrons. The van der Waals surface area contributed by atoms with Gasteiger partial charge in [-0.05, 0) is 51.4 Å². The molecular weight excluding hydrogens is 647 g/mol. The van der Waals surface area contributed by atoms with E-state index < -0.39 is 20.0 Å². The average molecular weight is 727 g/mol. The number of rotatable bonds is 36. The summed E-state index contributed by atoms with van der Waals surface area (Å²) in [6, 6.07) is -0.797. The quantitative estimate of drug-likeness (QED) is 0.0288. The predicted molar refractivity (Wildman–Crippen MR) is 210 cm³/mol. The Hall–Kier alpha value is -1.28. The number of likely N-dealkylation sites (N-methyl/N-ethyl adjacent to an activating group) is 1. The molecule has 0 saturated heterocycles. The molecule has 0 aromatic rings. The van der Waals surface area contributed by atoms with E-state index >= 15 is 0 Å². The Kier molecular flexibility index (Phi) is 32.7. The van der Waals surface area contributed by atoms with Gasteiger partial charge in [-0.1, -0.05) is 147 Å². The fraction of sp³-hybridized carbons (Fsp3) is 0.829. The minimum absolute atomic E-state index is 0.00868. The molecule has 0 radical (unpaired) electrons. The number of quaternary nitrogens is 1. The van der Waals surface area contributed by atoms with Crippen LogP contribution >= 0.6 is 7.82 Å². The zero-order chi connectivity index (χ0) is 37.2. The van der Waals surface area contributed by atoms with Gasteiger partial charge in [0.15, 0.2) is 0 Å². The third kappa shape index (κ3) is 35.1. The molecule has 0 heterocycles. The summed E-state index contributed by atoms with van der Waals surface area (Å²) >= 11 is 0.